The van der Waals surface area contributed by atoms with E-state index in [2.05, 4.69) is 11.9 Å². The number of nitrogens with zero attached hydrogens (tertiary/aromatic N) is 3. The smallest absolute Gasteiger partial charge is 0.133 e. The number of hydrogen-bond acceptors (Lipinski definition) is 5. The second-order valence-corrected chi connectivity index (χ2v) is 7.46. The van der Waals surface area contributed by atoms with E-state index in [-0.39, 0.29) is 11.9 Å². The fourth-order valence-corrected chi connectivity index (χ4v) is 3.84. The van der Waals surface area contributed by atoms with Crippen LogP contribution >= 0.6 is 0 Å². The van der Waals surface area contributed by atoms with E-state index in [0.717, 1.165) is 43.0 Å². The Labute approximate surface area is 170 Å². The molecule has 1 atom stereocenters. The Morgan fingerprint density at radius 3 is 2.45 bits per heavy atom. The minimum absolute atomic E-state index is 0.0717. The predicted octanol–water partition coefficient (Wildman–Crippen LogP) is 3.48. The highest BCUT2D eigenvalue weighted by Crippen LogP contribution is 2.33. The molecule has 2 heterocycles. The molecule has 1 fully saturated rings. The van der Waals surface area contributed by atoms with E-state index in [1.807, 2.05) is 59.3 Å². The van der Waals surface area contributed by atoms with Gasteiger partial charge in [-0.2, -0.15) is 5.10 Å². The predicted molar refractivity (Wildman–Crippen MR) is 115 cm³/mol. The van der Waals surface area contributed by atoms with E-state index >= 15 is 0 Å². The molecule has 0 bridgehead atoms. The van der Waals surface area contributed by atoms with E-state index in [1.54, 1.807) is 0 Å². The maximum atomic E-state index is 8.03. The highest BCUT2D eigenvalue weighted by Gasteiger charge is 2.26. The molecule has 0 amide bonds. The maximum Gasteiger partial charge on any atom is 0.133 e. The first-order valence-electron chi connectivity index (χ1n) is 9.77. The number of nitrogens with two attached hydrogens (primary N) is 2. The van der Waals surface area contributed by atoms with Crippen molar-refractivity contribution < 1.29 is 4.74 Å². The summed E-state index contributed by atoms with van der Waals surface area (Å²) < 4.78 is 7.70. The lowest BCUT2D eigenvalue weighted by molar-refractivity contribution is 0.204. The van der Waals surface area contributed by atoms with Gasteiger partial charge < -0.3 is 21.1 Å². The van der Waals surface area contributed by atoms with Crippen LogP contribution in [0, 0.1) is 5.41 Å². The molecule has 150 valence electrons. The molecule has 7 nitrogen and oxygen atoms in total. The number of para-hydroxylation sites is 1. The fourth-order valence-electron chi connectivity index (χ4n) is 3.84. The van der Waals surface area contributed by atoms with Gasteiger partial charge in [0.1, 0.15) is 28.8 Å². The first-order valence-corrected chi connectivity index (χ1v) is 9.77. The molecule has 1 aromatic heterocycles. The van der Waals surface area contributed by atoms with Crippen LogP contribution < -0.4 is 16.2 Å². The summed E-state index contributed by atoms with van der Waals surface area (Å²) in [4.78, 5) is 2.28. The second-order valence-electron chi connectivity index (χ2n) is 7.46. The van der Waals surface area contributed by atoms with Gasteiger partial charge in [-0.25, -0.2) is 4.68 Å². The largest absolute Gasteiger partial charge is 0.457 e. The Hall–Kier alpha value is -3.32. The molecule has 1 saturated heterocycles. The van der Waals surface area contributed by atoms with Gasteiger partial charge in [0.15, 0.2) is 0 Å². The molecule has 0 saturated carbocycles. The average Bonchev–Trinajstić information content (AvgIpc) is 3.07. The number of hydrogen-bond donors (Lipinski definition) is 3. The third kappa shape index (κ3) is 3.95. The van der Waals surface area contributed by atoms with Gasteiger partial charge in [-0.05, 0) is 62.8 Å². The summed E-state index contributed by atoms with van der Waals surface area (Å²) in [5.74, 6) is 1.89. The van der Waals surface area contributed by atoms with Gasteiger partial charge in [-0.3, -0.25) is 5.41 Å². The second kappa shape index (κ2) is 7.97. The molecule has 3 aromatic rings. The topological polar surface area (TPSA) is 106 Å². The van der Waals surface area contributed by atoms with Crippen molar-refractivity contribution >= 4 is 11.7 Å². The number of piperidine rings is 1. The monoisotopic (exact) mass is 390 g/mol. The van der Waals surface area contributed by atoms with Gasteiger partial charge >= 0.3 is 0 Å². The van der Waals surface area contributed by atoms with Gasteiger partial charge in [-0.15, -0.1) is 0 Å². The molecule has 0 radical (unpaired) electrons. The van der Waals surface area contributed by atoms with Gasteiger partial charge in [0.2, 0.25) is 0 Å². The Morgan fingerprint density at radius 2 is 1.79 bits per heavy atom. The number of nitrogens with one attached hydrogen (secondary N) is 1. The zero-order chi connectivity index (χ0) is 20.4. The molecule has 7 heteroatoms. The Bertz CT molecular complexity index is 996. The summed E-state index contributed by atoms with van der Waals surface area (Å²) in [5.41, 5.74) is 14.2. The number of anilines is 1. The van der Waals surface area contributed by atoms with Gasteiger partial charge in [0, 0.05) is 12.1 Å². The Kier molecular flexibility index (Phi) is 5.22. The number of aromatic nitrogens is 2. The molecule has 1 aliphatic rings. The first-order chi connectivity index (χ1) is 14.0. The summed E-state index contributed by atoms with van der Waals surface area (Å²) in [5, 5.41) is 12.8. The van der Waals surface area contributed by atoms with Gasteiger partial charge in [0.05, 0.1) is 11.6 Å². The highest BCUT2D eigenvalue weighted by atomic mass is 16.5. The number of ether oxygens (including phenoxy) is 1. The maximum absolute atomic E-state index is 8.03. The lowest BCUT2D eigenvalue weighted by Gasteiger charge is -2.30. The summed E-state index contributed by atoms with van der Waals surface area (Å²) in [7, 11) is 2.10. The van der Waals surface area contributed by atoms with Gasteiger partial charge in [0.25, 0.3) is 0 Å². The van der Waals surface area contributed by atoms with Crippen molar-refractivity contribution in [2.45, 2.75) is 18.9 Å². The van der Waals surface area contributed by atoms with Crippen LogP contribution in [0.5, 0.6) is 11.5 Å². The zero-order valence-corrected chi connectivity index (χ0v) is 16.5. The van der Waals surface area contributed by atoms with Crippen molar-refractivity contribution in [3.05, 3.63) is 60.2 Å². The number of rotatable bonds is 5. The van der Waals surface area contributed by atoms with Gasteiger partial charge in [-0.1, -0.05) is 18.2 Å². The van der Waals surface area contributed by atoms with Crippen LogP contribution in [0.4, 0.5) is 5.82 Å². The van der Waals surface area contributed by atoms with E-state index < -0.39 is 0 Å². The first kappa shape index (κ1) is 19.0. The molecule has 1 aliphatic heterocycles. The van der Waals surface area contributed by atoms with Crippen LogP contribution in [0.1, 0.15) is 24.4 Å². The van der Waals surface area contributed by atoms with Crippen molar-refractivity contribution in [1.29, 1.82) is 5.41 Å². The average molecular weight is 390 g/mol. The normalized spacial score (nSPS) is 17.2. The molecule has 0 aliphatic carbocycles. The lowest BCUT2D eigenvalue weighted by Crippen LogP contribution is -2.34. The molecule has 5 N–H and O–H groups in total. The standard InChI is InChI=1S/C22H26N6O/c1-27-13-5-6-16(14-27)28-22(25)19(21(23)24)20(26-28)15-9-11-18(12-10-15)29-17-7-3-2-4-8-17/h2-4,7-12,16H,5-6,13-14,25H2,1H3,(H3,23,24)/t16-/m1/s1. The molecular weight excluding hydrogens is 364 g/mol. The molecular formula is C22H26N6O. The van der Waals surface area contributed by atoms with Crippen LogP contribution in [-0.2, 0) is 0 Å². The van der Waals surface area contributed by atoms with Crippen LogP contribution in [0.25, 0.3) is 11.3 Å². The Morgan fingerprint density at radius 1 is 1.10 bits per heavy atom. The van der Waals surface area contributed by atoms with Crippen molar-refractivity contribution in [2.75, 3.05) is 25.9 Å². The summed E-state index contributed by atoms with van der Waals surface area (Å²) in [6.45, 7) is 1.96. The van der Waals surface area contributed by atoms with Crippen molar-refractivity contribution in [2.24, 2.45) is 5.73 Å². The van der Waals surface area contributed by atoms with Crippen molar-refractivity contribution in [3.63, 3.8) is 0 Å². The summed E-state index contributed by atoms with van der Waals surface area (Å²) in [6.07, 6.45) is 2.10. The number of likely N-dealkylation sites (N-methyl/N-ethyl adjacent to an activating group) is 1. The van der Waals surface area contributed by atoms with Crippen LogP contribution in [-0.4, -0.2) is 40.7 Å². The quantitative estimate of drug-likeness (QED) is 0.457. The van der Waals surface area contributed by atoms with Crippen molar-refractivity contribution in [1.82, 2.24) is 14.7 Å². The third-order valence-corrected chi connectivity index (χ3v) is 5.27. The summed E-state index contributed by atoms with van der Waals surface area (Å²) >= 11 is 0. The number of likely N-dealkylation sites (tertiary alicyclic amines) is 1. The number of benzene rings is 2. The zero-order valence-electron chi connectivity index (χ0n) is 16.5. The molecule has 0 unspecified atom stereocenters. The summed E-state index contributed by atoms with van der Waals surface area (Å²) in [6, 6.07) is 17.4. The number of amidine groups is 1. The van der Waals surface area contributed by atoms with E-state index in [0.29, 0.717) is 17.1 Å². The number of nitrogen functional groups attached to an aromatic ring is 2. The Balaban J connectivity index is 1.65. The fraction of sp³-hybridized carbons (Fsp3) is 0.273. The van der Waals surface area contributed by atoms with Crippen LogP contribution in [0.3, 0.4) is 0 Å². The van der Waals surface area contributed by atoms with Crippen molar-refractivity contribution in [3.8, 4) is 22.8 Å². The molecule has 2 aromatic carbocycles. The minimum atomic E-state index is -0.0717. The molecule has 29 heavy (non-hydrogen) atoms. The highest BCUT2D eigenvalue weighted by molar-refractivity contribution is 6.04. The van der Waals surface area contributed by atoms with E-state index in [1.165, 1.54) is 0 Å². The minimum Gasteiger partial charge on any atom is -0.457 e. The lowest BCUT2D eigenvalue weighted by atomic mass is 10.1. The third-order valence-electron chi connectivity index (χ3n) is 5.27. The molecule has 0 spiro atoms. The SMILES string of the molecule is CN1CCC[C@@H](n2nc(-c3ccc(Oc4ccccc4)cc3)c(C(=N)N)c2N)C1. The molecule has 4 rings (SSSR count). The van der Waals surface area contributed by atoms with Crippen LogP contribution in [0.2, 0.25) is 0 Å². The van der Waals surface area contributed by atoms with E-state index in [9.17, 15) is 0 Å². The van der Waals surface area contributed by atoms with Crippen LogP contribution in [0.15, 0.2) is 54.6 Å². The van der Waals surface area contributed by atoms with E-state index in [4.69, 9.17) is 26.7 Å².